The van der Waals surface area contributed by atoms with Crippen LogP contribution in [0.15, 0.2) is 18.2 Å². The molecule has 3 fully saturated rings. The maximum absolute atomic E-state index is 12.8. The second-order valence-electron chi connectivity index (χ2n) is 7.73. The maximum atomic E-state index is 12.8. The normalized spacial score (nSPS) is 27.9. The number of amides is 2. The number of benzene rings is 1. The van der Waals surface area contributed by atoms with E-state index in [1.54, 1.807) is 7.11 Å². The van der Waals surface area contributed by atoms with E-state index in [0.29, 0.717) is 23.9 Å². The summed E-state index contributed by atoms with van der Waals surface area (Å²) >= 11 is 0. The number of nitrogens with zero attached hydrogens (tertiary/aromatic N) is 1. The first-order valence-corrected chi connectivity index (χ1v) is 9.34. The van der Waals surface area contributed by atoms with Crippen LogP contribution in [0, 0.1) is 24.7 Å². The number of carbonyl (C=O) groups excluding carboxylic acids is 2. The molecule has 5 nitrogen and oxygen atoms in total. The van der Waals surface area contributed by atoms with Gasteiger partial charge in [0.25, 0.3) is 0 Å². The minimum absolute atomic E-state index is 0.0987. The fourth-order valence-corrected chi connectivity index (χ4v) is 4.20. The van der Waals surface area contributed by atoms with Crippen molar-refractivity contribution in [2.45, 2.75) is 45.1 Å². The molecule has 134 valence electrons. The van der Waals surface area contributed by atoms with Crippen LogP contribution >= 0.6 is 0 Å². The van der Waals surface area contributed by atoms with Gasteiger partial charge in [-0.1, -0.05) is 6.07 Å². The number of hydrogen-bond donors (Lipinski definition) is 1. The van der Waals surface area contributed by atoms with E-state index in [1.165, 1.54) is 12.8 Å². The third-order valence-electron chi connectivity index (χ3n) is 5.84. The number of anilines is 1. The molecule has 1 aliphatic heterocycles. The van der Waals surface area contributed by atoms with Crippen molar-refractivity contribution in [2.75, 3.05) is 19.0 Å². The van der Waals surface area contributed by atoms with Gasteiger partial charge in [-0.2, -0.15) is 0 Å². The van der Waals surface area contributed by atoms with Gasteiger partial charge in [0.2, 0.25) is 11.8 Å². The summed E-state index contributed by atoms with van der Waals surface area (Å²) in [5.74, 6) is 2.29. The van der Waals surface area contributed by atoms with Gasteiger partial charge in [-0.25, -0.2) is 0 Å². The topological polar surface area (TPSA) is 58.6 Å². The number of aryl methyl sites for hydroxylation is 1. The van der Waals surface area contributed by atoms with Gasteiger partial charge >= 0.3 is 0 Å². The van der Waals surface area contributed by atoms with Crippen molar-refractivity contribution < 1.29 is 14.3 Å². The average molecular weight is 342 g/mol. The highest BCUT2D eigenvalue weighted by molar-refractivity contribution is 5.99. The average Bonchev–Trinajstić information content (AvgIpc) is 3.50. The molecule has 0 bridgehead atoms. The van der Waals surface area contributed by atoms with Crippen LogP contribution in [0.1, 0.15) is 37.7 Å². The fraction of sp³-hybridized carbons (Fsp3) is 0.600. The van der Waals surface area contributed by atoms with E-state index >= 15 is 0 Å². The van der Waals surface area contributed by atoms with Gasteiger partial charge in [-0.15, -0.1) is 0 Å². The lowest BCUT2D eigenvalue weighted by Crippen LogP contribution is -2.44. The molecule has 2 aliphatic carbocycles. The molecular formula is C20H26N2O3. The predicted molar refractivity (Wildman–Crippen MR) is 95.4 cm³/mol. The lowest BCUT2D eigenvalue weighted by Gasteiger charge is -2.24. The summed E-state index contributed by atoms with van der Waals surface area (Å²) < 4.78 is 5.34. The first-order valence-electron chi connectivity index (χ1n) is 9.34. The Balaban J connectivity index is 1.44. The van der Waals surface area contributed by atoms with Crippen LogP contribution < -0.4 is 10.1 Å². The Bertz CT molecular complexity index is 698. The van der Waals surface area contributed by atoms with E-state index < -0.39 is 0 Å². The van der Waals surface area contributed by atoms with Gasteiger partial charge in [-0.05, 0) is 68.6 Å². The summed E-state index contributed by atoms with van der Waals surface area (Å²) in [6.45, 7) is 2.68. The van der Waals surface area contributed by atoms with Crippen LogP contribution in [-0.4, -0.2) is 36.4 Å². The zero-order chi connectivity index (χ0) is 17.6. The second-order valence-corrected chi connectivity index (χ2v) is 7.73. The van der Waals surface area contributed by atoms with Crippen LogP contribution in [0.2, 0.25) is 0 Å². The van der Waals surface area contributed by atoms with E-state index in [4.69, 9.17) is 4.74 Å². The molecule has 0 spiro atoms. The van der Waals surface area contributed by atoms with Gasteiger partial charge < -0.3 is 15.0 Å². The van der Waals surface area contributed by atoms with Crippen LogP contribution in [0.25, 0.3) is 0 Å². The van der Waals surface area contributed by atoms with E-state index in [1.807, 2.05) is 30.0 Å². The highest BCUT2D eigenvalue weighted by atomic mass is 16.5. The van der Waals surface area contributed by atoms with Gasteiger partial charge in [0.15, 0.2) is 0 Å². The van der Waals surface area contributed by atoms with Crippen molar-refractivity contribution >= 4 is 17.5 Å². The molecule has 1 aromatic rings. The van der Waals surface area contributed by atoms with Crippen LogP contribution in [-0.2, 0) is 9.59 Å². The first-order chi connectivity index (χ1) is 12.1. The van der Waals surface area contributed by atoms with Gasteiger partial charge in [-0.3, -0.25) is 9.59 Å². The number of methoxy groups -OCH3 is 1. The molecule has 2 saturated carbocycles. The van der Waals surface area contributed by atoms with E-state index in [0.717, 1.165) is 30.7 Å². The van der Waals surface area contributed by atoms with Crippen molar-refractivity contribution in [1.82, 2.24) is 4.90 Å². The monoisotopic (exact) mass is 342 g/mol. The van der Waals surface area contributed by atoms with Crippen LogP contribution in [0.3, 0.4) is 0 Å². The quantitative estimate of drug-likeness (QED) is 0.895. The van der Waals surface area contributed by atoms with Crippen molar-refractivity contribution in [3.8, 4) is 5.75 Å². The number of likely N-dealkylation sites (tertiary alicyclic amines) is 1. The van der Waals surface area contributed by atoms with Crippen molar-refractivity contribution in [2.24, 2.45) is 17.8 Å². The SMILES string of the molecule is COc1ccc(C)cc1NC(=O)C1CCCN1C(=O)C1CC1C1CC1. The Kier molecular flexibility index (Phi) is 4.18. The Labute approximate surface area is 148 Å². The lowest BCUT2D eigenvalue weighted by molar-refractivity contribution is -0.138. The lowest BCUT2D eigenvalue weighted by atomic mass is 10.1. The molecule has 3 atom stereocenters. The minimum Gasteiger partial charge on any atom is -0.495 e. The number of carbonyl (C=O) groups is 2. The van der Waals surface area contributed by atoms with Gasteiger partial charge in [0.1, 0.15) is 11.8 Å². The molecular weight excluding hydrogens is 316 g/mol. The molecule has 3 unspecified atom stereocenters. The highest BCUT2D eigenvalue weighted by Crippen LogP contribution is 2.55. The summed E-state index contributed by atoms with van der Waals surface area (Å²) in [7, 11) is 1.59. The first kappa shape index (κ1) is 16.4. The fourth-order valence-electron chi connectivity index (χ4n) is 4.20. The molecule has 3 aliphatic rings. The van der Waals surface area contributed by atoms with Gasteiger partial charge in [0, 0.05) is 12.5 Å². The van der Waals surface area contributed by atoms with Crippen LogP contribution in [0.5, 0.6) is 5.75 Å². The molecule has 0 aromatic heterocycles. The smallest absolute Gasteiger partial charge is 0.247 e. The zero-order valence-corrected chi connectivity index (χ0v) is 15.0. The highest BCUT2D eigenvalue weighted by Gasteiger charge is 2.53. The Hall–Kier alpha value is -2.04. The Morgan fingerprint density at radius 3 is 2.76 bits per heavy atom. The van der Waals surface area contributed by atoms with E-state index in [9.17, 15) is 9.59 Å². The summed E-state index contributed by atoms with van der Waals surface area (Å²) in [5, 5.41) is 2.98. The van der Waals surface area contributed by atoms with Gasteiger partial charge in [0.05, 0.1) is 12.8 Å². The summed E-state index contributed by atoms with van der Waals surface area (Å²) in [6, 6.07) is 5.36. The molecule has 4 rings (SSSR count). The largest absolute Gasteiger partial charge is 0.495 e. The zero-order valence-electron chi connectivity index (χ0n) is 15.0. The summed E-state index contributed by atoms with van der Waals surface area (Å²) in [4.78, 5) is 27.5. The third-order valence-corrected chi connectivity index (χ3v) is 5.84. The number of rotatable bonds is 5. The number of nitrogens with one attached hydrogen (secondary N) is 1. The standard InChI is InChI=1S/C20H26N2O3/c1-12-5-8-18(25-2)16(10-12)21-19(23)17-4-3-9-22(17)20(24)15-11-14(15)13-6-7-13/h5,8,10,13-15,17H,3-4,6-7,9,11H2,1-2H3,(H,21,23). The molecule has 2 amide bonds. The predicted octanol–water partition coefficient (Wildman–Crippen LogP) is 2.98. The minimum atomic E-state index is -0.349. The second kappa shape index (κ2) is 6.36. The van der Waals surface area contributed by atoms with Crippen molar-refractivity contribution in [3.63, 3.8) is 0 Å². The van der Waals surface area contributed by atoms with Crippen molar-refractivity contribution in [3.05, 3.63) is 23.8 Å². The summed E-state index contributed by atoms with van der Waals surface area (Å²) in [6.07, 6.45) is 5.24. The molecule has 1 saturated heterocycles. The Morgan fingerprint density at radius 2 is 2.04 bits per heavy atom. The molecule has 0 radical (unpaired) electrons. The molecule has 1 aromatic carbocycles. The number of hydrogen-bond acceptors (Lipinski definition) is 3. The Morgan fingerprint density at radius 1 is 1.24 bits per heavy atom. The van der Waals surface area contributed by atoms with E-state index in [2.05, 4.69) is 5.32 Å². The number of ether oxygens (including phenoxy) is 1. The van der Waals surface area contributed by atoms with Crippen LogP contribution in [0.4, 0.5) is 5.69 Å². The summed E-state index contributed by atoms with van der Waals surface area (Å²) in [5.41, 5.74) is 1.73. The third kappa shape index (κ3) is 3.24. The molecule has 25 heavy (non-hydrogen) atoms. The molecule has 5 heteroatoms. The van der Waals surface area contributed by atoms with Crippen molar-refractivity contribution in [1.29, 1.82) is 0 Å². The maximum Gasteiger partial charge on any atom is 0.247 e. The molecule has 1 N–H and O–H groups in total. The molecule has 1 heterocycles. The van der Waals surface area contributed by atoms with E-state index in [-0.39, 0.29) is 23.8 Å².